The molecule has 2 rings (SSSR count). The third-order valence-electron chi connectivity index (χ3n) is 6.39. The molecule has 4 heteroatoms. The Balaban J connectivity index is 2.09. The molecule has 0 aromatic rings. The van der Waals surface area contributed by atoms with Gasteiger partial charge in [-0.05, 0) is 77.0 Å². The minimum atomic E-state index is -1.04. The van der Waals surface area contributed by atoms with Crippen LogP contribution in [0.25, 0.3) is 0 Å². The Morgan fingerprint density at radius 2 is 1.71 bits per heavy atom. The van der Waals surface area contributed by atoms with E-state index in [1.54, 1.807) is 6.92 Å². The molecule has 3 nitrogen and oxygen atoms in total. The fraction of sp³-hybridized carbons (Fsp3) is 0.800. The first-order valence-corrected chi connectivity index (χ1v) is 9.97. The van der Waals surface area contributed by atoms with Crippen LogP contribution in [0.1, 0.15) is 59.3 Å². The van der Waals surface area contributed by atoms with E-state index < -0.39 is 17.3 Å². The van der Waals surface area contributed by atoms with Gasteiger partial charge in [0.15, 0.2) is 0 Å². The minimum Gasteiger partial charge on any atom is -0.390 e. The Hall–Kier alpha value is -0.160. The summed E-state index contributed by atoms with van der Waals surface area (Å²) >= 11 is 3.61. The van der Waals surface area contributed by atoms with E-state index in [1.807, 2.05) is 13.8 Å². The smallest absolute Gasteiger partial charge is 0.0880 e. The van der Waals surface area contributed by atoms with Gasteiger partial charge in [0.25, 0.3) is 0 Å². The molecule has 24 heavy (non-hydrogen) atoms. The molecule has 0 aliphatic heterocycles. The fourth-order valence-electron chi connectivity index (χ4n) is 4.44. The Morgan fingerprint density at radius 1 is 1.12 bits per heavy atom. The summed E-state index contributed by atoms with van der Waals surface area (Å²) in [5.41, 5.74) is 0.506. The number of rotatable bonds is 4. The number of halogens is 1. The zero-order chi connectivity index (χ0) is 18.3. The summed E-state index contributed by atoms with van der Waals surface area (Å²) in [5.74, 6) is 0.540. The van der Waals surface area contributed by atoms with Crippen molar-refractivity contribution in [2.24, 2.45) is 17.8 Å². The van der Waals surface area contributed by atoms with Crippen LogP contribution in [-0.2, 0) is 0 Å². The molecule has 0 aromatic heterocycles. The zero-order valence-electron chi connectivity index (χ0n) is 15.3. The van der Waals surface area contributed by atoms with Crippen molar-refractivity contribution in [1.82, 2.24) is 0 Å². The van der Waals surface area contributed by atoms with Crippen LogP contribution in [0, 0.1) is 17.8 Å². The van der Waals surface area contributed by atoms with Crippen LogP contribution >= 0.6 is 15.9 Å². The molecule has 138 valence electrons. The molecule has 0 unspecified atom stereocenters. The number of hydrogen-bond donors (Lipinski definition) is 3. The van der Waals surface area contributed by atoms with Crippen molar-refractivity contribution in [1.29, 1.82) is 0 Å². The van der Waals surface area contributed by atoms with E-state index in [2.05, 4.69) is 29.1 Å². The van der Waals surface area contributed by atoms with Crippen molar-refractivity contribution in [3.8, 4) is 0 Å². The van der Waals surface area contributed by atoms with Gasteiger partial charge in [0.2, 0.25) is 0 Å². The van der Waals surface area contributed by atoms with Crippen molar-refractivity contribution in [2.75, 3.05) is 0 Å². The summed E-state index contributed by atoms with van der Waals surface area (Å²) in [4.78, 5) is 0.0665. The second-order valence-electron chi connectivity index (χ2n) is 8.62. The Bertz CT molecular complexity index is 497. The Labute approximate surface area is 155 Å². The number of aliphatic hydroxyl groups excluding tert-OH is 1. The lowest BCUT2D eigenvalue weighted by atomic mass is 9.64. The number of aliphatic hydroxyl groups is 3. The first-order valence-electron chi connectivity index (χ1n) is 9.05. The lowest BCUT2D eigenvalue weighted by Gasteiger charge is -2.46. The molecule has 2 aliphatic rings. The van der Waals surface area contributed by atoms with Crippen molar-refractivity contribution < 1.29 is 15.3 Å². The van der Waals surface area contributed by atoms with Crippen LogP contribution in [0.4, 0.5) is 0 Å². The van der Waals surface area contributed by atoms with Crippen molar-refractivity contribution >= 4 is 15.9 Å². The summed E-state index contributed by atoms with van der Waals surface area (Å²) in [6, 6.07) is 0. The SMILES string of the molecule is C=C(C[C@H]1[C@H](C(=C)C)CC[C@](C)(O)[C@H]1O)[C@H]1CC[C@@](C)(O)[C@H](Br)C1. The highest BCUT2D eigenvalue weighted by Crippen LogP contribution is 2.46. The maximum absolute atomic E-state index is 10.7. The van der Waals surface area contributed by atoms with Crippen LogP contribution < -0.4 is 0 Å². The van der Waals surface area contributed by atoms with Gasteiger partial charge in [0.05, 0.1) is 17.3 Å². The summed E-state index contributed by atoms with van der Waals surface area (Å²) in [7, 11) is 0. The normalized spacial score (nSPS) is 46.5. The molecule has 2 aliphatic carbocycles. The highest BCUT2D eigenvalue weighted by atomic mass is 79.9. The number of hydrogen-bond acceptors (Lipinski definition) is 3. The summed E-state index contributed by atoms with van der Waals surface area (Å²) in [6.45, 7) is 14.0. The van der Waals surface area contributed by atoms with Crippen LogP contribution in [-0.4, -0.2) is 37.5 Å². The third-order valence-corrected chi connectivity index (χ3v) is 7.75. The molecule has 0 saturated heterocycles. The molecule has 0 heterocycles. The van der Waals surface area contributed by atoms with Gasteiger partial charge >= 0.3 is 0 Å². The molecule has 3 N–H and O–H groups in total. The highest BCUT2D eigenvalue weighted by Gasteiger charge is 2.46. The third kappa shape index (κ3) is 4.14. The van der Waals surface area contributed by atoms with Gasteiger partial charge in [-0.25, -0.2) is 0 Å². The average Bonchev–Trinajstić information content (AvgIpc) is 2.46. The molecule has 0 spiro atoms. The van der Waals surface area contributed by atoms with E-state index in [9.17, 15) is 15.3 Å². The van der Waals surface area contributed by atoms with Gasteiger partial charge in [-0.3, -0.25) is 0 Å². The Kier molecular flexibility index (Phi) is 6.06. The predicted octanol–water partition coefficient (Wildman–Crippen LogP) is 3.96. The molecule has 2 fully saturated rings. The van der Waals surface area contributed by atoms with Gasteiger partial charge in [-0.15, -0.1) is 0 Å². The number of alkyl halides is 1. The van der Waals surface area contributed by atoms with Crippen LogP contribution in [0.2, 0.25) is 0 Å². The lowest BCUT2D eigenvalue weighted by molar-refractivity contribution is -0.127. The number of allylic oxidation sites excluding steroid dienone is 2. The lowest BCUT2D eigenvalue weighted by Crippen LogP contribution is -2.51. The van der Waals surface area contributed by atoms with Crippen molar-refractivity contribution in [3.63, 3.8) is 0 Å². The molecule has 0 radical (unpaired) electrons. The topological polar surface area (TPSA) is 60.7 Å². The molecule has 0 amide bonds. The Morgan fingerprint density at radius 3 is 2.25 bits per heavy atom. The minimum absolute atomic E-state index is 0.0324. The van der Waals surface area contributed by atoms with E-state index in [4.69, 9.17) is 0 Å². The highest BCUT2D eigenvalue weighted by molar-refractivity contribution is 9.09. The molecular weight excluding hydrogens is 368 g/mol. The standard InChI is InChI=1S/C20H33BrO3/c1-12(2)15-7-9-20(5,24)18(22)16(15)10-13(3)14-6-8-19(4,23)17(21)11-14/h14-18,22-24H,1,3,6-11H2,2,4-5H3/t14-,15-,16-,17+,18-,19+,20-/m0/s1. The van der Waals surface area contributed by atoms with E-state index >= 15 is 0 Å². The van der Waals surface area contributed by atoms with Gasteiger partial charge in [-0.2, -0.15) is 0 Å². The summed E-state index contributed by atoms with van der Waals surface area (Å²) in [5, 5.41) is 31.5. The van der Waals surface area contributed by atoms with Crippen molar-refractivity contribution in [2.45, 2.75) is 81.4 Å². The van der Waals surface area contributed by atoms with E-state index in [0.29, 0.717) is 18.8 Å². The molecule has 0 bridgehead atoms. The fourth-order valence-corrected chi connectivity index (χ4v) is 5.12. The molecule has 7 atom stereocenters. The molecule has 2 saturated carbocycles. The quantitative estimate of drug-likeness (QED) is 0.494. The monoisotopic (exact) mass is 400 g/mol. The summed E-state index contributed by atoms with van der Waals surface area (Å²) < 4.78 is 0. The largest absolute Gasteiger partial charge is 0.390 e. The van der Waals surface area contributed by atoms with Gasteiger partial charge in [-0.1, -0.05) is 40.2 Å². The van der Waals surface area contributed by atoms with E-state index in [-0.39, 0.29) is 16.7 Å². The maximum Gasteiger partial charge on any atom is 0.0880 e. The van der Waals surface area contributed by atoms with Gasteiger partial charge in [0.1, 0.15) is 0 Å². The predicted molar refractivity (Wildman–Crippen MR) is 102 cm³/mol. The maximum atomic E-state index is 10.7. The second kappa shape index (κ2) is 7.22. The molecular formula is C20H33BrO3. The average molecular weight is 401 g/mol. The molecule has 0 aromatic carbocycles. The van der Waals surface area contributed by atoms with Crippen molar-refractivity contribution in [3.05, 3.63) is 24.3 Å². The van der Waals surface area contributed by atoms with E-state index in [1.165, 1.54) is 0 Å². The second-order valence-corrected chi connectivity index (χ2v) is 9.72. The van der Waals surface area contributed by atoms with Crippen LogP contribution in [0.15, 0.2) is 24.3 Å². The van der Waals surface area contributed by atoms with Crippen LogP contribution in [0.3, 0.4) is 0 Å². The first-order chi connectivity index (χ1) is 11.0. The summed E-state index contributed by atoms with van der Waals surface area (Å²) in [6.07, 6.45) is 3.95. The van der Waals surface area contributed by atoms with Crippen LogP contribution in [0.5, 0.6) is 0 Å². The zero-order valence-corrected chi connectivity index (χ0v) is 16.8. The van der Waals surface area contributed by atoms with Gasteiger partial charge < -0.3 is 15.3 Å². The first kappa shape index (κ1) is 20.2. The van der Waals surface area contributed by atoms with Gasteiger partial charge in [0, 0.05) is 4.83 Å². The van der Waals surface area contributed by atoms with E-state index in [0.717, 1.165) is 36.8 Å².